The molecule has 0 aliphatic carbocycles. The second-order valence-corrected chi connectivity index (χ2v) is 4.77. The molecule has 15 heavy (non-hydrogen) atoms. The number of thiazole rings is 1. The van der Waals surface area contributed by atoms with Crippen molar-refractivity contribution < 1.29 is 9.90 Å². The molecule has 0 unspecified atom stereocenters. The molecule has 0 aliphatic heterocycles. The van der Waals surface area contributed by atoms with Crippen LogP contribution in [0.5, 0.6) is 0 Å². The van der Waals surface area contributed by atoms with E-state index in [0.29, 0.717) is 18.9 Å². The number of carbonyl (C=O) groups is 1. The lowest BCUT2D eigenvalue weighted by Gasteiger charge is -1.99. The summed E-state index contributed by atoms with van der Waals surface area (Å²) in [7, 11) is 0. The summed E-state index contributed by atoms with van der Waals surface area (Å²) in [4.78, 5) is 22.8. The van der Waals surface area contributed by atoms with Crippen LogP contribution in [0.4, 0.5) is 0 Å². The minimum Gasteiger partial charge on any atom is -0.481 e. The molecule has 4 nitrogen and oxygen atoms in total. The maximum atomic E-state index is 11.5. The second kappa shape index (κ2) is 5.11. The van der Waals surface area contributed by atoms with Gasteiger partial charge in [-0.2, -0.15) is 0 Å². The van der Waals surface area contributed by atoms with Crippen LogP contribution < -0.4 is 4.87 Å². The van der Waals surface area contributed by atoms with E-state index in [0.717, 1.165) is 4.88 Å². The molecule has 5 heteroatoms. The van der Waals surface area contributed by atoms with Gasteiger partial charge in [-0.3, -0.25) is 9.59 Å². The Morgan fingerprint density at radius 3 is 2.73 bits per heavy atom. The molecule has 1 N–H and O–H groups in total. The molecular weight excluding hydrogens is 214 g/mol. The van der Waals surface area contributed by atoms with Gasteiger partial charge in [0.2, 0.25) is 0 Å². The van der Waals surface area contributed by atoms with E-state index < -0.39 is 5.97 Å². The predicted molar refractivity (Wildman–Crippen MR) is 59.5 cm³/mol. The van der Waals surface area contributed by atoms with Gasteiger partial charge in [-0.15, -0.1) is 0 Å². The average Bonchev–Trinajstić information content (AvgIpc) is 2.47. The molecule has 0 bridgehead atoms. The van der Waals surface area contributed by atoms with Gasteiger partial charge >= 0.3 is 10.8 Å². The van der Waals surface area contributed by atoms with Gasteiger partial charge in [0, 0.05) is 24.0 Å². The Kier molecular flexibility index (Phi) is 4.08. The maximum absolute atomic E-state index is 11.5. The van der Waals surface area contributed by atoms with Crippen LogP contribution in [0.25, 0.3) is 0 Å². The Hall–Kier alpha value is -1.10. The van der Waals surface area contributed by atoms with Gasteiger partial charge in [-0.05, 0) is 12.3 Å². The van der Waals surface area contributed by atoms with Crippen molar-refractivity contribution in [2.45, 2.75) is 39.2 Å². The molecule has 0 spiro atoms. The minimum atomic E-state index is -0.817. The molecule has 0 fully saturated rings. The summed E-state index contributed by atoms with van der Waals surface area (Å²) in [5.41, 5.74) is 0. The molecule has 0 aliphatic rings. The van der Waals surface area contributed by atoms with Crippen LogP contribution >= 0.6 is 11.3 Å². The Bertz CT molecular complexity index is 392. The number of aryl methyl sites for hydroxylation is 1. The lowest BCUT2D eigenvalue weighted by Crippen LogP contribution is -2.12. The highest BCUT2D eigenvalue weighted by molar-refractivity contribution is 7.09. The van der Waals surface area contributed by atoms with Gasteiger partial charge in [0.15, 0.2) is 0 Å². The molecule has 1 aromatic heterocycles. The second-order valence-electron chi connectivity index (χ2n) is 3.74. The van der Waals surface area contributed by atoms with Crippen LogP contribution in [0.1, 0.15) is 37.5 Å². The summed E-state index contributed by atoms with van der Waals surface area (Å²) < 4.78 is 1.60. The van der Waals surface area contributed by atoms with Gasteiger partial charge in [-0.1, -0.05) is 25.2 Å². The van der Waals surface area contributed by atoms with Crippen LogP contribution in [0.15, 0.2) is 11.0 Å². The number of hydrogen-bond acceptors (Lipinski definition) is 3. The summed E-state index contributed by atoms with van der Waals surface area (Å²) in [6.45, 7) is 4.56. The molecule has 0 atom stereocenters. The quantitative estimate of drug-likeness (QED) is 0.838. The Morgan fingerprint density at radius 1 is 1.60 bits per heavy atom. The Balaban J connectivity index is 2.61. The van der Waals surface area contributed by atoms with E-state index in [9.17, 15) is 9.59 Å². The summed E-state index contributed by atoms with van der Waals surface area (Å²) in [6.07, 6.45) is 2.45. The first-order valence-corrected chi connectivity index (χ1v) is 5.74. The van der Waals surface area contributed by atoms with Crippen molar-refractivity contribution in [2.75, 3.05) is 0 Å². The van der Waals surface area contributed by atoms with Crippen molar-refractivity contribution in [1.29, 1.82) is 0 Å². The number of carboxylic acid groups (broad SMARTS) is 1. The van der Waals surface area contributed by atoms with Crippen molar-refractivity contribution in [3.8, 4) is 0 Å². The third-order valence-electron chi connectivity index (χ3n) is 2.08. The normalized spacial score (nSPS) is 10.9. The topological polar surface area (TPSA) is 59.3 Å². The zero-order valence-electron chi connectivity index (χ0n) is 8.90. The zero-order chi connectivity index (χ0) is 11.4. The van der Waals surface area contributed by atoms with Crippen molar-refractivity contribution in [3.63, 3.8) is 0 Å². The van der Waals surface area contributed by atoms with Gasteiger partial charge in [0.25, 0.3) is 0 Å². The van der Waals surface area contributed by atoms with E-state index in [1.54, 1.807) is 4.57 Å². The van der Waals surface area contributed by atoms with E-state index in [-0.39, 0.29) is 11.3 Å². The van der Waals surface area contributed by atoms with Gasteiger partial charge in [0.1, 0.15) is 0 Å². The van der Waals surface area contributed by atoms with Crippen LogP contribution in [-0.2, 0) is 11.3 Å². The number of rotatable bonds is 5. The third kappa shape index (κ3) is 3.51. The van der Waals surface area contributed by atoms with Crippen molar-refractivity contribution >= 4 is 17.3 Å². The molecule has 1 heterocycles. The van der Waals surface area contributed by atoms with Gasteiger partial charge in [-0.25, -0.2) is 0 Å². The van der Waals surface area contributed by atoms with Gasteiger partial charge < -0.3 is 9.67 Å². The van der Waals surface area contributed by atoms with Crippen LogP contribution in [0, 0.1) is 0 Å². The molecular formula is C10H15NO3S. The van der Waals surface area contributed by atoms with E-state index in [4.69, 9.17) is 5.11 Å². The highest BCUT2D eigenvalue weighted by atomic mass is 32.1. The first-order valence-electron chi connectivity index (χ1n) is 4.92. The number of hydrogen-bond donors (Lipinski definition) is 1. The van der Waals surface area contributed by atoms with E-state index in [1.165, 1.54) is 11.3 Å². The smallest absolute Gasteiger partial charge is 0.307 e. The molecule has 0 radical (unpaired) electrons. The first-order chi connectivity index (χ1) is 7.00. The lowest BCUT2D eigenvalue weighted by molar-refractivity contribution is -0.137. The fourth-order valence-corrected chi connectivity index (χ4v) is 2.09. The molecule has 0 amide bonds. The fourth-order valence-electron chi connectivity index (χ4n) is 1.22. The average molecular weight is 229 g/mol. The zero-order valence-corrected chi connectivity index (χ0v) is 9.71. The van der Waals surface area contributed by atoms with Crippen molar-refractivity contribution in [1.82, 2.24) is 4.57 Å². The number of nitrogens with zero attached hydrogens (tertiary/aromatic N) is 1. The van der Waals surface area contributed by atoms with E-state index >= 15 is 0 Å². The highest BCUT2D eigenvalue weighted by Crippen LogP contribution is 2.16. The molecule has 1 aromatic rings. The monoisotopic (exact) mass is 229 g/mol. The molecule has 0 saturated heterocycles. The van der Waals surface area contributed by atoms with Crippen LogP contribution in [0.2, 0.25) is 0 Å². The maximum Gasteiger partial charge on any atom is 0.307 e. The van der Waals surface area contributed by atoms with Crippen LogP contribution in [0.3, 0.4) is 0 Å². The summed E-state index contributed by atoms with van der Waals surface area (Å²) in [5.74, 6) is -0.467. The van der Waals surface area contributed by atoms with E-state index in [2.05, 4.69) is 0 Å². The SMILES string of the molecule is CC(C)c1cn(CCCC(=O)O)c(=O)s1. The van der Waals surface area contributed by atoms with Gasteiger partial charge in [0.05, 0.1) is 0 Å². The standard InChI is InChI=1S/C10H15NO3S/c1-7(2)8-6-11(10(14)15-8)5-3-4-9(12)13/h6-7H,3-5H2,1-2H3,(H,12,13). The summed E-state index contributed by atoms with van der Waals surface area (Å²) in [5, 5.41) is 8.47. The molecule has 1 rings (SSSR count). The number of aliphatic carboxylic acids is 1. The molecule has 0 aromatic carbocycles. The number of carboxylic acids is 1. The Morgan fingerprint density at radius 2 is 2.27 bits per heavy atom. The lowest BCUT2D eigenvalue weighted by atomic mass is 10.2. The summed E-state index contributed by atoms with van der Waals surface area (Å²) >= 11 is 1.24. The minimum absolute atomic E-state index is 0.00379. The Labute approximate surface area is 92.2 Å². The number of aromatic nitrogens is 1. The third-order valence-corrected chi connectivity index (χ3v) is 3.30. The summed E-state index contributed by atoms with van der Waals surface area (Å²) in [6, 6.07) is 0. The first kappa shape index (κ1) is 12.0. The predicted octanol–water partition coefficient (Wildman–Crippen LogP) is 1.90. The molecule has 84 valence electrons. The van der Waals surface area contributed by atoms with E-state index in [1.807, 2.05) is 20.0 Å². The van der Waals surface area contributed by atoms with Crippen molar-refractivity contribution in [2.24, 2.45) is 0 Å². The molecule has 0 saturated carbocycles. The van der Waals surface area contributed by atoms with Crippen LogP contribution in [-0.4, -0.2) is 15.6 Å². The fraction of sp³-hybridized carbons (Fsp3) is 0.600. The largest absolute Gasteiger partial charge is 0.481 e. The van der Waals surface area contributed by atoms with Crippen molar-refractivity contribution in [3.05, 3.63) is 20.7 Å². The highest BCUT2D eigenvalue weighted by Gasteiger charge is 2.07.